The molecular formula is C11H13BrN2O2. The van der Waals surface area contributed by atoms with E-state index in [1.807, 2.05) is 6.92 Å². The number of rotatable bonds is 4. The summed E-state index contributed by atoms with van der Waals surface area (Å²) in [6.07, 6.45) is -0.790. The first-order valence-corrected chi connectivity index (χ1v) is 5.60. The Morgan fingerprint density at radius 2 is 2.25 bits per heavy atom. The van der Waals surface area contributed by atoms with Gasteiger partial charge in [0.2, 0.25) is 0 Å². The van der Waals surface area contributed by atoms with Crippen molar-refractivity contribution in [3.8, 4) is 6.07 Å². The zero-order valence-electron chi connectivity index (χ0n) is 8.87. The van der Waals surface area contributed by atoms with E-state index >= 15 is 0 Å². The van der Waals surface area contributed by atoms with Crippen LogP contribution in [0, 0.1) is 18.3 Å². The summed E-state index contributed by atoms with van der Waals surface area (Å²) in [5.74, 6) is 0. The topological polar surface area (TPSA) is 76.3 Å². The maximum Gasteiger partial charge on any atom is 0.0992 e. The van der Waals surface area contributed by atoms with Gasteiger partial charge in [0.15, 0.2) is 0 Å². The number of aryl methyl sites for hydroxylation is 1. The van der Waals surface area contributed by atoms with Crippen molar-refractivity contribution in [2.24, 2.45) is 0 Å². The van der Waals surface area contributed by atoms with Crippen molar-refractivity contribution in [2.45, 2.75) is 13.0 Å². The van der Waals surface area contributed by atoms with E-state index in [1.165, 1.54) is 0 Å². The van der Waals surface area contributed by atoms with Crippen LogP contribution in [0.4, 0.5) is 5.69 Å². The fraction of sp³-hybridized carbons (Fsp3) is 0.364. The highest BCUT2D eigenvalue weighted by atomic mass is 79.9. The Morgan fingerprint density at radius 3 is 2.75 bits per heavy atom. The summed E-state index contributed by atoms with van der Waals surface area (Å²) in [5, 5.41) is 29.7. The van der Waals surface area contributed by atoms with Crippen molar-refractivity contribution in [1.82, 2.24) is 0 Å². The molecule has 3 N–H and O–H groups in total. The molecule has 0 bridgehead atoms. The second-order valence-corrected chi connectivity index (χ2v) is 4.33. The van der Waals surface area contributed by atoms with Gasteiger partial charge in [-0.2, -0.15) is 5.26 Å². The van der Waals surface area contributed by atoms with Crippen LogP contribution >= 0.6 is 15.9 Å². The summed E-state index contributed by atoms with van der Waals surface area (Å²) in [6, 6.07) is 5.54. The lowest BCUT2D eigenvalue weighted by molar-refractivity contribution is 0.105. The molecule has 16 heavy (non-hydrogen) atoms. The molecule has 0 radical (unpaired) electrons. The van der Waals surface area contributed by atoms with E-state index < -0.39 is 6.10 Å². The number of hydrogen-bond acceptors (Lipinski definition) is 4. The Hall–Kier alpha value is -1.09. The summed E-state index contributed by atoms with van der Waals surface area (Å²) >= 11 is 3.35. The van der Waals surface area contributed by atoms with Crippen LogP contribution in [0.25, 0.3) is 0 Å². The second kappa shape index (κ2) is 5.85. The number of hydrogen-bond donors (Lipinski definition) is 3. The molecular weight excluding hydrogens is 272 g/mol. The van der Waals surface area contributed by atoms with Gasteiger partial charge in [0.25, 0.3) is 0 Å². The van der Waals surface area contributed by atoms with Gasteiger partial charge in [-0.3, -0.25) is 0 Å². The molecule has 0 saturated carbocycles. The maximum atomic E-state index is 9.22. The van der Waals surface area contributed by atoms with E-state index in [-0.39, 0.29) is 13.2 Å². The normalized spacial score (nSPS) is 11.9. The Balaban J connectivity index is 2.85. The Bertz CT molecular complexity index is 392. The standard InChI is InChI=1S/C11H13BrN2O2/c1-7-2-8(4-13)3-10(12)11(7)14-5-9(16)6-15/h2-3,9,14-16H,5-6H2,1H3. The molecule has 0 aliphatic rings. The van der Waals surface area contributed by atoms with Crippen LogP contribution in [0.1, 0.15) is 11.1 Å². The minimum absolute atomic E-state index is 0.266. The summed E-state index contributed by atoms with van der Waals surface area (Å²) in [6.45, 7) is 1.86. The van der Waals surface area contributed by atoms with Crippen molar-refractivity contribution < 1.29 is 10.2 Å². The lowest BCUT2D eigenvalue weighted by Gasteiger charge is -2.14. The van der Waals surface area contributed by atoms with Gasteiger partial charge in [-0.1, -0.05) is 0 Å². The van der Waals surface area contributed by atoms with Crippen LogP contribution in [-0.4, -0.2) is 29.5 Å². The van der Waals surface area contributed by atoms with Crippen molar-refractivity contribution in [3.05, 3.63) is 27.7 Å². The molecule has 0 saturated heterocycles. The van der Waals surface area contributed by atoms with Gasteiger partial charge in [-0.05, 0) is 40.5 Å². The molecule has 1 aromatic rings. The van der Waals surface area contributed by atoms with Crippen LogP contribution in [0.2, 0.25) is 0 Å². The number of aliphatic hydroxyl groups excluding tert-OH is 2. The van der Waals surface area contributed by atoms with Gasteiger partial charge in [0.1, 0.15) is 0 Å². The van der Waals surface area contributed by atoms with Crippen LogP contribution in [0.5, 0.6) is 0 Å². The molecule has 0 amide bonds. The van der Waals surface area contributed by atoms with Crippen molar-refractivity contribution in [2.75, 3.05) is 18.5 Å². The number of nitriles is 1. The first-order chi connectivity index (χ1) is 7.58. The lowest BCUT2D eigenvalue weighted by Crippen LogP contribution is -2.23. The van der Waals surface area contributed by atoms with Crippen LogP contribution in [-0.2, 0) is 0 Å². The summed E-state index contributed by atoms with van der Waals surface area (Å²) < 4.78 is 0.772. The van der Waals surface area contributed by atoms with Gasteiger partial charge in [-0.25, -0.2) is 0 Å². The zero-order chi connectivity index (χ0) is 12.1. The van der Waals surface area contributed by atoms with Crippen LogP contribution in [0.3, 0.4) is 0 Å². The molecule has 0 aliphatic carbocycles. The molecule has 1 aromatic carbocycles. The smallest absolute Gasteiger partial charge is 0.0992 e. The third kappa shape index (κ3) is 3.20. The highest BCUT2D eigenvalue weighted by molar-refractivity contribution is 9.10. The average Bonchev–Trinajstić information content (AvgIpc) is 2.27. The number of aliphatic hydroxyl groups is 2. The quantitative estimate of drug-likeness (QED) is 0.781. The van der Waals surface area contributed by atoms with Crippen molar-refractivity contribution in [1.29, 1.82) is 5.26 Å². The molecule has 5 heteroatoms. The minimum Gasteiger partial charge on any atom is -0.394 e. The largest absolute Gasteiger partial charge is 0.394 e. The van der Waals surface area contributed by atoms with Crippen molar-refractivity contribution in [3.63, 3.8) is 0 Å². The Kier molecular flexibility index (Phi) is 4.74. The van der Waals surface area contributed by atoms with Crippen LogP contribution < -0.4 is 5.32 Å². The Morgan fingerprint density at radius 1 is 1.56 bits per heavy atom. The zero-order valence-corrected chi connectivity index (χ0v) is 10.5. The number of nitrogens with one attached hydrogen (secondary N) is 1. The second-order valence-electron chi connectivity index (χ2n) is 3.48. The first-order valence-electron chi connectivity index (χ1n) is 4.81. The molecule has 1 rings (SSSR count). The predicted octanol–water partition coefficient (Wildman–Crippen LogP) is 1.39. The van der Waals surface area contributed by atoms with E-state index in [2.05, 4.69) is 27.3 Å². The molecule has 0 aromatic heterocycles. The fourth-order valence-corrected chi connectivity index (χ4v) is 2.02. The minimum atomic E-state index is -0.790. The molecule has 0 spiro atoms. The average molecular weight is 285 g/mol. The van der Waals surface area contributed by atoms with Gasteiger partial charge >= 0.3 is 0 Å². The molecule has 1 atom stereocenters. The predicted molar refractivity (Wildman–Crippen MR) is 65.2 cm³/mol. The van der Waals surface area contributed by atoms with E-state index in [0.29, 0.717) is 5.56 Å². The van der Waals surface area contributed by atoms with E-state index in [9.17, 15) is 5.11 Å². The van der Waals surface area contributed by atoms with E-state index in [4.69, 9.17) is 10.4 Å². The van der Waals surface area contributed by atoms with Gasteiger partial charge in [-0.15, -0.1) is 0 Å². The third-order valence-electron chi connectivity index (χ3n) is 2.14. The first kappa shape index (κ1) is 13.0. The number of anilines is 1. The van der Waals surface area contributed by atoms with Crippen LogP contribution in [0.15, 0.2) is 16.6 Å². The van der Waals surface area contributed by atoms with Gasteiger partial charge < -0.3 is 15.5 Å². The molecule has 0 fully saturated rings. The fourth-order valence-electron chi connectivity index (χ4n) is 1.32. The third-order valence-corrected chi connectivity index (χ3v) is 2.77. The molecule has 1 unspecified atom stereocenters. The van der Waals surface area contributed by atoms with E-state index in [1.54, 1.807) is 12.1 Å². The highest BCUT2D eigenvalue weighted by Crippen LogP contribution is 2.27. The number of halogens is 1. The molecule has 86 valence electrons. The van der Waals surface area contributed by atoms with Crippen molar-refractivity contribution >= 4 is 21.6 Å². The summed E-state index contributed by atoms with van der Waals surface area (Å²) in [7, 11) is 0. The SMILES string of the molecule is Cc1cc(C#N)cc(Br)c1NCC(O)CO. The highest BCUT2D eigenvalue weighted by Gasteiger charge is 2.08. The van der Waals surface area contributed by atoms with Gasteiger partial charge in [0.05, 0.1) is 30.0 Å². The lowest BCUT2D eigenvalue weighted by atomic mass is 10.1. The maximum absolute atomic E-state index is 9.22. The number of nitrogens with zero attached hydrogens (tertiary/aromatic N) is 1. The molecule has 0 heterocycles. The molecule has 0 aliphatic heterocycles. The molecule has 4 nitrogen and oxygen atoms in total. The Labute approximate surface area is 103 Å². The summed E-state index contributed by atoms with van der Waals surface area (Å²) in [4.78, 5) is 0. The van der Waals surface area contributed by atoms with E-state index in [0.717, 1.165) is 15.7 Å². The summed E-state index contributed by atoms with van der Waals surface area (Å²) in [5.41, 5.74) is 2.32. The monoisotopic (exact) mass is 284 g/mol. The van der Waals surface area contributed by atoms with Gasteiger partial charge in [0, 0.05) is 11.0 Å². The number of benzene rings is 1.